The van der Waals surface area contributed by atoms with E-state index in [0.717, 1.165) is 12.1 Å². The van der Waals surface area contributed by atoms with Gasteiger partial charge in [-0.05, 0) is 31.5 Å². The molecule has 0 aliphatic heterocycles. The largest absolute Gasteiger partial charge is 0.377 e. The van der Waals surface area contributed by atoms with Gasteiger partial charge in [0, 0.05) is 23.8 Å². The minimum atomic E-state index is -1.37. The second-order valence-electron chi connectivity index (χ2n) is 3.73. The molecule has 1 aromatic rings. The SMILES string of the molecule is CCOC(CN)CCS(=O)c1ccc(F)c(F)c1. The van der Waals surface area contributed by atoms with Crippen LogP contribution < -0.4 is 5.73 Å². The highest BCUT2D eigenvalue weighted by Gasteiger charge is 2.12. The summed E-state index contributed by atoms with van der Waals surface area (Å²) in [5, 5.41) is 0. The number of benzene rings is 1. The van der Waals surface area contributed by atoms with E-state index in [1.165, 1.54) is 6.07 Å². The van der Waals surface area contributed by atoms with Gasteiger partial charge in [-0.15, -0.1) is 0 Å². The topological polar surface area (TPSA) is 52.3 Å². The lowest BCUT2D eigenvalue weighted by Gasteiger charge is -2.14. The Bertz CT molecular complexity index is 415. The molecule has 0 aliphatic rings. The summed E-state index contributed by atoms with van der Waals surface area (Å²) < 4.78 is 42.9. The molecule has 0 saturated carbocycles. The number of rotatable bonds is 7. The van der Waals surface area contributed by atoms with Gasteiger partial charge in [-0.3, -0.25) is 4.21 Å². The average Bonchev–Trinajstić information content (AvgIpc) is 2.37. The number of halogens is 2. The Kier molecular flexibility index (Phi) is 6.38. The standard InChI is InChI=1S/C12H17F2NO2S/c1-2-17-9(8-15)5-6-18(16)10-3-4-11(13)12(14)7-10/h3-4,7,9H,2,5-6,8,15H2,1H3. The first-order valence-corrected chi connectivity index (χ1v) is 7.05. The summed E-state index contributed by atoms with van der Waals surface area (Å²) in [7, 11) is -1.37. The first-order valence-electron chi connectivity index (χ1n) is 5.73. The van der Waals surface area contributed by atoms with Crippen LogP contribution in [0.3, 0.4) is 0 Å². The highest BCUT2D eigenvalue weighted by atomic mass is 32.2. The Morgan fingerprint density at radius 2 is 2.11 bits per heavy atom. The number of ether oxygens (including phenoxy) is 1. The predicted octanol–water partition coefficient (Wildman–Crippen LogP) is 1.83. The summed E-state index contributed by atoms with van der Waals surface area (Å²) in [6.45, 7) is 2.75. The van der Waals surface area contributed by atoms with E-state index in [4.69, 9.17) is 10.5 Å². The smallest absolute Gasteiger partial charge is 0.160 e. The normalized spacial score (nSPS) is 14.4. The van der Waals surface area contributed by atoms with Crippen molar-refractivity contribution < 1.29 is 17.7 Å². The van der Waals surface area contributed by atoms with Crippen molar-refractivity contribution in [2.45, 2.75) is 24.3 Å². The fraction of sp³-hybridized carbons (Fsp3) is 0.500. The zero-order chi connectivity index (χ0) is 13.5. The molecule has 0 saturated heterocycles. The summed E-state index contributed by atoms with van der Waals surface area (Å²) in [6, 6.07) is 3.27. The third-order valence-corrected chi connectivity index (χ3v) is 3.83. The molecule has 18 heavy (non-hydrogen) atoms. The highest BCUT2D eigenvalue weighted by Crippen LogP contribution is 2.13. The first kappa shape index (κ1) is 15.2. The maximum absolute atomic E-state index is 13.0. The zero-order valence-corrected chi connectivity index (χ0v) is 11.0. The molecule has 2 unspecified atom stereocenters. The van der Waals surface area contributed by atoms with Gasteiger partial charge in [0.15, 0.2) is 11.6 Å². The van der Waals surface area contributed by atoms with E-state index in [0.29, 0.717) is 25.3 Å². The van der Waals surface area contributed by atoms with Gasteiger partial charge in [0.25, 0.3) is 0 Å². The molecule has 2 N–H and O–H groups in total. The van der Waals surface area contributed by atoms with Gasteiger partial charge >= 0.3 is 0 Å². The van der Waals surface area contributed by atoms with E-state index in [1.54, 1.807) is 0 Å². The molecule has 0 fully saturated rings. The number of hydrogen-bond acceptors (Lipinski definition) is 3. The van der Waals surface area contributed by atoms with Gasteiger partial charge in [0.2, 0.25) is 0 Å². The highest BCUT2D eigenvalue weighted by molar-refractivity contribution is 7.85. The monoisotopic (exact) mass is 277 g/mol. The van der Waals surface area contributed by atoms with Crippen LogP contribution in [0.25, 0.3) is 0 Å². The van der Waals surface area contributed by atoms with Crippen LogP contribution in [0.5, 0.6) is 0 Å². The van der Waals surface area contributed by atoms with Crippen LogP contribution in [0.4, 0.5) is 8.78 Å². The average molecular weight is 277 g/mol. The lowest BCUT2D eigenvalue weighted by Crippen LogP contribution is -2.25. The number of nitrogens with two attached hydrogens (primary N) is 1. The maximum Gasteiger partial charge on any atom is 0.160 e. The Morgan fingerprint density at radius 1 is 1.39 bits per heavy atom. The Morgan fingerprint density at radius 3 is 2.67 bits per heavy atom. The third-order valence-electron chi connectivity index (χ3n) is 2.44. The summed E-state index contributed by atoms with van der Waals surface area (Å²) >= 11 is 0. The Hall–Kier alpha value is -0.850. The molecule has 1 aromatic carbocycles. The van der Waals surface area contributed by atoms with Crippen LogP contribution in [-0.2, 0) is 15.5 Å². The predicted molar refractivity (Wildman–Crippen MR) is 66.7 cm³/mol. The zero-order valence-electron chi connectivity index (χ0n) is 10.2. The van der Waals surface area contributed by atoms with Gasteiger partial charge in [0.05, 0.1) is 16.9 Å². The summed E-state index contributed by atoms with van der Waals surface area (Å²) in [6.07, 6.45) is 0.375. The van der Waals surface area contributed by atoms with Crippen LogP contribution >= 0.6 is 0 Å². The van der Waals surface area contributed by atoms with E-state index in [1.807, 2.05) is 6.92 Å². The second-order valence-corrected chi connectivity index (χ2v) is 5.30. The van der Waals surface area contributed by atoms with Crippen molar-refractivity contribution in [3.63, 3.8) is 0 Å². The fourth-order valence-corrected chi connectivity index (χ4v) is 2.65. The van der Waals surface area contributed by atoms with Crippen molar-refractivity contribution in [1.82, 2.24) is 0 Å². The van der Waals surface area contributed by atoms with E-state index < -0.39 is 22.4 Å². The van der Waals surface area contributed by atoms with E-state index >= 15 is 0 Å². The van der Waals surface area contributed by atoms with Crippen molar-refractivity contribution in [2.75, 3.05) is 18.9 Å². The molecule has 3 nitrogen and oxygen atoms in total. The van der Waals surface area contributed by atoms with Crippen molar-refractivity contribution >= 4 is 10.8 Å². The van der Waals surface area contributed by atoms with Crippen molar-refractivity contribution in [1.29, 1.82) is 0 Å². The van der Waals surface area contributed by atoms with Crippen LogP contribution in [0, 0.1) is 11.6 Å². The molecular weight excluding hydrogens is 260 g/mol. The minimum absolute atomic E-state index is 0.149. The van der Waals surface area contributed by atoms with Crippen molar-refractivity contribution in [2.24, 2.45) is 5.73 Å². The fourth-order valence-electron chi connectivity index (χ4n) is 1.48. The summed E-state index contributed by atoms with van der Waals surface area (Å²) in [5.41, 5.74) is 5.49. The number of hydrogen-bond donors (Lipinski definition) is 1. The molecule has 0 heterocycles. The van der Waals surface area contributed by atoms with Gasteiger partial charge < -0.3 is 10.5 Å². The van der Waals surface area contributed by atoms with Gasteiger partial charge in [-0.1, -0.05) is 0 Å². The molecule has 0 aliphatic carbocycles. The molecule has 0 aromatic heterocycles. The van der Waals surface area contributed by atoms with E-state index in [2.05, 4.69) is 0 Å². The van der Waals surface area contributed by atoms with Gasteiger partial charge in [0.1, 0.15) is 0 Å². The van der Waals surface area contributed by atoms with Gasteiger partial charge in [-0.2, -0.15) is 0 Å². The third kappa shape index (κ3) is 4.44. The van der Waals surface area contributed by atoms with Gasteiger partial charge in [-0.25, -0.2) is 8.78 Å². The summed E-state index contributed by atoms with van der Waals surface area (Å²) in [4.78, 5) is 0.279. The quantitative estimate of drug-likeness (QED) is 0.827. The minimum Gasteiger partial charge on any atom is -0.377 e. The maximum atomic E-state index is 13.0. The van der Waals surface area contributed by atoms with E-state index in [9.17, 15) is 13.0 Å². The van der Waals surface area contributed by atoms with Crippen LogP contribution in [0.1, 0.15) is 13.3 Å². The summed E-state index contributed by atoms with van der Waals surface area (Å²) in [5.74, 6) is -1.61. The molecule has 2 atom stereocenters. The molecule has 102 valence electrons. The Labute approximate surface area is 108 Å². The molecule has 0 radical (unpaired) electrons. The first-order chi connectivity index (χ1) is 8.58. The van der Waals surface area contributed by atoms with Crippen LogP contribution in [0.15, 0.2) is 23.1 Å². The molecule has 0 spiro atoms. The van der Waals surface area contributed by atoms with Crippen molar-refractivity contribution in [3.05, 3.63) is 29.8 Å². The molecule has 0 bridgehead atoms. The van der Waals surface area contributed by atoms with Crippen LogP contribution in [-0.4, -0.2) is 29.2 Å². The second kappa shape index (κ2) is 7.56. The lowest BCUT2D eigenvalue weighted by molar-refractivity contribution is 0.0672. The van der Waals surface area contributed by atoms with E-state index in [-0.39, 0.29) is 11.0 Å². The molecule has 1 rings (SSSR count). The molecule has 6 heteroatoms. The van der Waals surface area contributed by atoms with Crippen LogP contribution in [0.2, 0.25) is 0 Å². The molecule has 0 amide bonds. The molecular formula is C12H17F2NO2S. The lowest BCUT2D eigenvalue weighted by atomic mass is 10.3. The Balaban J connectivity index is 2.57. The van der Waals surface area contributed by atoms with Crippen molar-refractivity contribution in [3.8, 4) is 0 Å².